The monoisotopic (exact) mass is 313 g/mol. The van der Waals surface area contributed by atoms with Crippen molar-refractivity contribution >= 4 is 28.9 Å². The molecule has 0 aliphatic heterocycles. The lowest BCUT2D eigenvalue weighted by atomic mass is 10.3. The normalized spacial score (nSPS) is 10.8. The van der Waals surface area contributed by atoms with Crippen LogP contribution in [0.3, 0.4) is 0 Å². The zero-order valence-electron chi connectivity index (χ0n) is 12.4. The highest BCUT2D eigenvalue weighted by atomic mass is 16.4. The van der Waals surface area contributed by atoms with Crippen molar-refractivity contribution in [3.05, 3.63) is 42.2 Å². The average Bonchev–Trinajstić information content (AvgIpc) is 3.12. The molecule has 2 N–H and O–H groups in total. The van der Waals surface area contributed by atoms with Crippen molar-refractivity contribution in [2.75, 3.05) is 5.32 Å². The van der Waals surface area contributed by atoms with Crippen molar-refractivity contribution in [2.45, 2.75) is 13.0 Å². The van der Waals surface area contributed by atoms with E-state index in [1.807, 2.05) is 31.3 Å². The van der Waals surface area contributed by atoms with Crippen molar-refractivity contribution in [2.24, 2.45) is 7.05 Å². The Hall–Kier alpha value is -3.16. The van der Waals surface area contributed by atoms with E-state index in [2.05, 4.69) is 15.4 Å². The maximum Gasteiger partial charge on any atom is 0.305 e. The quantitative estimate of drug-likeness (QED) is 0.743. The molecule has 3 aromatic rings. The number of carbonyl (C=O) groups excluding carboxylic acids is 1. The lowest BCUT2D eigenvalue weighted by molar-refractivity contribution is -0.137. The van der Waals surface area contributed by atoms with Crippen LogP contribution in [0.2, 0.25) is 0 Å². The first-order valence-electron chi connectivity index (χ1n) is 7.02. The zero-order chi connectivity index (χ0) is 16.4. The van der Waals surface area contributed by atoms with Crippen molar-refractivity contribution in [1.29, 1.82) is 0 Å². The first kappa shape index (κ1) is 14.8. The fraction of sp³-hybridized carbons (Fsp3) is 0.200. The Kier molecular flexibility index (Phi) is 3.80. The molecule has 0 aliphatic carbocycles. The molecule has 0 aliphatic rings. The van der Waals surface area contributed by atoms with Crippen LogP contribution in [0.25, 0.3) is 11.0 Å². The van der Waals surface area contributed by atoms with Gasteiger partial charge in [-0.3, -0.25) is 19.6 Å². The molecule has 0 saturated heterocycles. The third-order valence-corrected chi connectivity index (χ3v) is 3.44. The van der Waals surface area contributed by atoms with E-state index in [1.54, 1.807) is 16.8 Å². The van der Waals surface area contributed by atoms with Gasteiger partial charge in [0.1, 0.15) is 0 Å². The number of amides is 1. The predicted molar refractivity (Wildman–Crippen MR) is 83.1 cm³/mol. The molecule has 1 aromatic carbocycles. The predicted octanol–water partition coefficient (Wildman–Crippen LogP) is 1.50. The molecule has 8 nitrogen and oxygen atoms in total. The Balaban J connectivity index is 1.75. The molecule has 0 fully saturated rings. The minimum Gasteiger partial charge on any atom is -0.481 e. The second kappa shape index (κ2) is 5.91. The second-order valence-electron chi connectivity index (χ2n) is 5.05. The number of aryl methyl sites for hydroxylation is 2. The molecule has 0 spiro atoms. The topological polar surface area (TPSA) is 102 Å². The van der Waals surface area contributed by atoms with Gasteiger partial charge in [-0.2, -0.15) is 5.10 Å². The number of anilines is 1. The number of rotatable bonds is 5. The van der Waals surface area contributed by atoms with Crippen LogP contribution in [0.5, 0.6) is 0 Å². The molecule has 23 heavy (non-hydrogen) atoms. The highest BCUT2D eigenvalue weighted by molar-refractivity contribution is 6.02. The molecule has 3 rings (SSSR count). The molecular formula is C15H15N5O3. The summed E-state index contributed by atoms with van der Waals surface area (Å²) >= 11 is 0. The summed E-state index contributed by atoms with van der Waals surface area (Å²) in [6, 6.07) is 9.11. The molecule has 1 amide bonds. The third kappa shape index (κ3) is 3.05. The number of nitrogens with one attached hydrogen (secondary N) is 1. The van der Waals surface area contributed by atoms with Gasteiger partial charge in [-0.15, -0.1) is 0 Å². The molecule has 118 valence electrons. The van der Waals surface area contributed by atoms with E-state index >= 15 is 0 Å². The summed E-state index contributed by atoms with van der Waals surface area (Å²) in [7, 11) is 1.82. The summed E-state index contributed by atoms with van der Waals surface area (Å²) in [6.07, 6.45) is 1.53. The molecule has 2 heterocycles. The van der Waals surface area contributed by atoms with E-state index < -0.39 is 11.9 Å². The number of nitrogens with zero attached hydrogens (tertiary/aromatic N) is 4. The Labute approximate surface area is 131 Å². The zero-order valence-corrected chi connectivity index (χ0v) is 12.4. The van der Waals surface area contributed by atoms with Gasteiger partial charge in [0.15, 0.2) is 5.69 Å². The first-order valence-corrected chi connectivity index (χ1v) is 7.02. The van der Waals surface area contributed by atoms with Gasteiger partial charge < -0.3 is 9.67 Å². The first-order chi connectivity index (χ1) is 11.0. The number of hydrogen-bond acceptors (Lipinski definition) is 4. The highest BCUT2D eigenvalue weighted by Gasteiger charge is 2.14. The number of aromatic nitrogens is 4. The van der Waals surface area contributed by atoms with E-state index in [4.69, 9.17) is 5.11 Å². The van der Waals surface area contributed by atoms with Gasteiger partial charge in [0.2, 0.25) is 5.95 Å². The number of carbonyl (C=O) groups is 2. The maximum absolute atomic E-state index is 12.2. The second-order valence-corrected chi connectivity index (χ2v) is 5.05. The van der Waals surface area contributed by atoms with Crippen molar-refractivity contribution in [3.63, 3.8) is 0 Å². The van der Waals surface area contributed by atoms with Crippen LogP contribution >= 0.6 is 0 Å². The van der Waals surface area contributed by atoms with E-state index in [0.717, 1.165) is 11.0 Å². The van der Waals surface area contributed by atoms with Crippen LogP contribution in [-0.2, 0) is 18.4 Å². The van der Waals surface area contributed by atoms with Gasteiger partial charge in [-0.25, -0.2) is 4.98 Å². The van der Waals surface area contributed by atoms with Gasteiger partial charge in [0.05, 0.1) is 24.0 Å². The summed E-state index contributed by atoms with van der Waals surface area (Å²) < 4.78 is 3.21. The number of carboxylic acid groups (broad SMARTS) is 1. The highest BCUT2D eigenvalue weighted by Crippen LogP contribution is 2.17. The van der Waals surface area contributed by atoms with E-state index in [1.165, 1.54) is 4.68 Å². The van der Waals surface area contributed by atoms with Crippen molar-refractivity contribution < 1.29 is 14.7 Å². The van der Waals surface area contributed by atoms with Gasteiger partial charge in [0, 0.05) is 13.2 Å². The van der Waals surface area contributed by atoms with E-state index in [-0.39, 0.29) is 18.7 Å². The van der Waals surface area contributed by atoms with Crippen LogP contribution in [0.15, 0.2) is 36.5 Å². The number of para-hydroxylation sites is 2. The molecule has 8 heteroatoms. The van der Waals surface area contributed by atoms with Gasteiger partial charge in [-0.05, 0) is 18.2 Å². The maximum atomic E-state index is 12.2. The number of hydrogen-bond donors (Lipinski definition) is 2. The summed E-state index contributed by atoms with van der Waals surface area (Å²) in [6.45, 7) is 0.217. The number of imidazole rings is 1. The molecular weight excluding hydrogens is 298 g/mol. The SMILES string of the molecule is Cn1c(NC(=O)c2ccn(CCC(=O)O)n2)nc2ccccc21. The van der Waals surface area contributed by atoms with Gasteiger partial charge in [-0.1, -0.05) is 12.1 Å². The van der Waals surface area contributed by atoms with Crippen LogP contribution in [-0.4, -0.2) is 36.3 Å². The fourth-order valence-corrected chi connectivity index (χ4v) is 2.24. The average molecular weight is 313 g/mol. The number of carboxylic acids is 1. The van der Waals surface area contributed by atoms with Crippen molar-refractivity contribution in [3.8, 4) is 0 Å². The molecule has 0 atom stereocenters. The number of fused-ring (bicyclic) bond motifs is 1. The lowest BCUT2D eigenvalue weighted by Gasteiger charge is -2.03. The lowest BCUT2D eigenvalue weighted by Crippen LogP contribution is -2.16. The molecule has 0 saturated carbocycles. The van der Waals surface area contributed by atoms with Crippen LogP contribution in [0.1, 0.15) is 16.9 Å². The molecule has 2 aromatic heterocycles. The minimum absolute atomic E-state index is 0.0481. The summed E-state index contributed by atoms with van der Waals surface area (Å²) in [4.78, 5) is 27.1. The van der Waals surface area contributed by atoms with Gasteiger partial charge in [0.25, 0.3) is 5.91 Å². The van der Waals surface area contributed by atoms with Crippen LogP contribution in [0, 0.1) is 0 Å². The number of aliphatic carboxylic acids is 1. The smallest absolute Gasteiger partial charge is 0.305 e. The van der Waals surface area contributed by atoms with E-state index in [9.17, 15) is 9.59 Å². The standard InChI is InChI=1S/C15H15N5O3/c1-19-12-5-3-2-4-10(12)16-15(19)17-14(23)11-6-8-20(18-11)9-7-13(21)22/h2-6,8H,7,9H2,1H3,(H,21,22)(H,16,17,23). The van der Waals surface area contributed by atoms with Crippen LogP contribution < -0.4 is 5.32 Å². The fourth-order valence-electron chi connectivity index (χ4n) is 2.24. The molecule has 0 bridgehead atoms. The largest absolute Gasteiger partial charge is 0.481 e. The van der Waals surface area contributed by atoms with E-state index in [0.29, 0.717) is 5.95 Å². The molecule has 0 unspecified atom stereocenters. The number of benzene rings is 1. The Morgan fingerprint density at radius 1 is 1.26 bits per heavy atom. The summed E-state index contributed by atoms with van der Waals surface area (Å²) in [5, 5.41) is 15.4. The third-order valence-electron chi connectivity index (χ3n) is 3.44. The Bertz CT molecular complexity index is 880. The Morgan fingerprint density at radius 2 is 2.04 bits per heavy atom. The van der Waals surface area contributed by atoms with Crippen molar-refractivity contribution in [1.82, 2.24) is 19.3 Å². The summed E-state index contributed by atoms with van der Waals surface area (Å²) in [5.74, 6) is -0.875. The van der Waals surface area contributed by atoms with Crippen LogP contribution in [0.4, 0.5) is 5.95 Å². The summed E-state index contributed by atoms with van der Waals surface area (Å²) in [5.41, 5.74) is 1.91. The Morgan fingerprint density at radius 3 is 2.78 bits per heavy atom. The van der Waals surface area contributed by atoms with Gasteiger partial charge >= 0.3 is 5.97 Å². The minimum atomic E-state index is -0.911. The molecule has 0 radical (unpaired) electrons.